The molecule has 4 heteroatoms. The van der Waals surface area contributed by atoms with Crippen LogP contribution in [0.15, 0.2) is 6.20 Å². The van der Waals surface area contributed by atoms with Gasteiger partial charge in [0.05, 0.1) is 12.8 Å². The summed E-state index contributed by atoms with van der Waals surface area (Å²) in [5, 5.41) is 3.72. The topological polar surface area (TPSA) is 37.4 Å². The number of methoxy groups -OCH3 is 1. The predicted octanol–water partition coefficient (Wildman–Crippen LogP) is 2.28. The molecule has 2 heterocycles. The van der Waals surface area contributed by atoms with Crippen LogP contribution in [0.5, 0.6) is 5.75 Å². The molecule has 116 valence electrons. The van der Waals surface area contributed by atoms with Gasteiger partial charge in [0.25, 0.3) is 0 Å². The molecule has 0 amide bonds. The minimum Gasteiger partial charge on any atom is -0.496 e. The number of hydrogen-bond donors (Lipinski definition) is 1. The maximum absolute atomic E-state index is 5.53. The Bertz CT molecular complexity index is 499. The van der Waals surface area contributed by atoms with E-state index in [1.165, 1.54) is 24.8 Å². The van der Waals surface area contributed by atoms with Gasteiger partial charge in [0.15, 0.2) is 0 Å². The molecule has 1 aromatic rings. The quantitative estimate of drug-likeness (QED) is 0.923. The molecule has 1 atom stereocenters. The van der Waals surface area contributed by atoms with Gasteiger partial charge in [-0.05, 0) is 52.1 Å². The molecule has 0 radical (unpaired) electrons. The highest BCUT2D eigenvalue weighted by molar-refractivity contribution is 5.41. The molecule has 4 nitrogen and oxygen atoms in total. The molecule has 1 unspecified atom stereocenters. The van der Waals surface area contributed by atoms with Gasteiger partial charge >= 0.3 is 0 Å². The van der Waals surface area contributed by atoms with Crippen LogP contribution in [0.1, 0.15) is 36.1 Å². The Morgan fingerprint density at radius 1 is 1.38 bits per heavy atom. The molecular weight excluding hydrogens is 262 g/mol. The summed E-state index contributed by atoms with van der Waals surface area (Å²) in [7, 11) is 1.75. The van der Waals surface area contributed by atoms with Gasteiger partial charge in [0, 0.05) is 36.5 Å². The molecule has 0 bridgehead atoms. The fourth-order valence-corrected chi connectivity index (χ4v) is 3.42. The van der Waals surface area contributed by atoms with Crippen LogP contribution >= 0.6 is 0 Å². The van der Waals surface area contributed by atoms with Crippen molar-refractivity contribution in [2.75, 3.05) is 26.7 Å². The van der Waals surface area contributed by atoms with Crippen molar-refractivity contribution in [3.63, 3.8) is 0 Å². The lowest BCUT2D eigenvalue weighted by atomic mass is 10.1. The van der Waals surface area contributed by atoms with Crippen molar-refractivity contribution in [1.82, 2.24) is 15.2 Å². The fourth-order valence-electron chi connectivity index (χ4n) is 3.42. The van der Waals surface area contributed by atoms with E-state index in [-0.39, 0.29) is 0 Å². The van der Waals surface area contributed by atoms with Crippen molar-refractivity contribution in [3.8, 4) is 5.75 Å². The van der Waals surface area contributed by atoms with E-state index in [0.717, 1.165) is 49.1 Å². The molecule has 1 N–H and O–H groups in total. The number of aromatic nitrogens is 1. The molecule has 3 rings (SSSR count). The van der Waals surface area contributed by atoms with Gasteiger partial charge in [0.2, 0.25) is 0 Å². The monoisotopic (exact) mass is 289 g/mol. The Morgan fingerprint density at radius 3 is 2.90 bits per heavy atom. The Morgan fingerprint density at radius 2 is 2.19 bits per heavy atom. The second kappa shape index (κ2) is 6.32. The highest BCUT2D eigenvalue weighted by atomic mass is 16.5. The van der Waals surface area contributed by atoms with Gasteiger partial charge in [-0.2, -0.15) is 0 Å². The minimum atomic E-state index is 0.681. The van der Waals surface area contributed by atoms with E-state index in [0.29, 0.717) is 6.04 Å². The van der Waals surface area contributed by atoms with Crippen LogP contribution in [0.3, 0.4) is 0 Å². The highest BCUT2D eigenvalue weighted by Crippen LogP contribution is 2.34. The molecule has 0 aromatic carbocycles. The van der Waals surface area contributed by atoms with Crippen LogP contribution in [0.25, 0.3) is 0 Å². The van der Waals surface area contributed by atoms with Gasteiger partial charge in [-0.1, -0.05) is 0 Å². The van der Waals surface area contributed by atoms with E-state index in [4.69, 9.17) is 4.74 Å². The van der Waals surface area contributed by atoms with Crippen LogP contribution in [0.4, 0.5) is 0 Å². The Labute approximate surface area is 127 Å². The van der Waals surface area contributed by atoms with E-state index >= 15 is 0 Å². The first-order valence-electron chi connectivity index (χ1n) is 8.14. The van der Waals surface area contributed by atoms with E-state index in [1.54, 1.807) is 7.11 Å². The second-order valence-electron chi connectivity index (χ2n) is 6.53. The van der Waals surface area contributed by atoms with Gasteiger partial charge in [-0.25, -0.2) is 0 Å². The van der Waals surface area contributed by atoms with E-state index in [1.807, 2.05) is 6.20 Å². The van der Waals surface area contributed by atoms with Crippen molar-refractivity contribution < 1.29 is 4.74 Å². The lowest BCUT2D eigenvalue weighted by Crippen LogP contribution is -2.39. The lowest BCUT2D eigenvalue weighted by molar-refractivity contribution is 0.247. The number of hydrogen-bond acceptors (Lipinski definition) is 4. The summed E-state index contributed by atoms with van der Waals surface area (Å²) in [6, 6.07) is 0.681. The smallest absolute Gasteiger partial charge is 0.128 e. The SMILES string of the molecule is COc1c(C)cnc(CN2CCCNC(C3CC3)C2)c1C. The first kappa shape index (κ1) is 14.8. The highest BCUT2D eigenvalue weighted by Gasteiger charge is 2.33. The Balaban J connectivity index is 1.72. The molecule has 21 heavy (non-hydrogen) atoms. The molecule has 1 saturated heterocycles. The maximum Gasteiger partial charge on any atom is 0.128 e. The third-order valence-electron chi connectivity index (χ3n) is 4.83. The predicted molar refractivity (Wildman–Crippen MR) is 84.7 cm³/mol. The molecule has 1 saturated carbocycles. The number of nitrogens with zero attached hydrogens (tertiary/aromatic N) is 2. The van der Waals surface area contributed by atoms with Crippen LogP contribution in [-0.4, -0.2) is 42.7 Å². The van der Waals surface area contributed by atoms with E-state index < -0.39 is 0 Å². The van der Waals surface area contributed by atoms with Crippen LogP contribution < -0.4 is 10.1 Å². The van der Waals surface area contributed by atoms with E-state index in [9.17, 15) is 0 Å². The molecule has 1 aliphatic carbocycles. The van der Waals surface area contributed by atoms with Crippen molar-refractivity contribution >= 4 is 0 Å². The standard InChI is InChI=1S/C17H27N3O/c1-12-9-19-15(13(2)17(12)21-3)10-20-8-4-7-18-16(11-20)14-5-6-14/h9,14,16,18H,4-8,10-11H2,1-3H3. The Hall–Kier alpha value is -1.13. The van der Waals surface area contributed by atoms with Gasteiger partial charge in [0.1, 0.15) is 5.75 Å². The zero-order valence-corrected chi connectivity index (χ0v) is 13.5. The number of rotatable bonds is 4. The molecular formula is C17H27N3O. The summed E-state index contributed by atoms with van der Waals surface area (Å²) in [4.78, 5) is 7.22. The molecule has 1 aromatic heterocycles. The molecule has 1 aliphatic heterocycles. The zero-order chi connectivity index (χ0) is 14.8. The summed E-state index contributed by atoms with van der Waals surface area (Å²) >= 11 is 0. The van der Waals surface area contributed by atoms with Crippen LogP contribution in [-0.2, 0) is 6.54 Å². The number of pyridine rings is 1. The average molecular weight is 289 g/mol. The zero-order valence-electron chi connectivity index (χ0n) is 13.5. The molecule has 2 fully saturated rings. The summed E-state index contributed by atoms with van der Waals surface area (Å²) < 4.78 is 5.53. The van der Waals surface area contributed by atoms with Crippen LogP contribution in [0, 0.1) is 19.8 Å². The number of ether oxygens (including phenoxy) is 1. The van der Waals surface area contributed by atoms with Crippen molar-refractivity contribution in [2.45, 2.75) is 45.7 Å². The Kier molecular flexibility index (Phi) is 4.45. The van der Waals surface area contributed by atoms with E-state index in [2.05, 4.69) is 29.0 Å². The van der Waals surface area contributed by atoms with Crippen LogP contribution in [0.2, 0.25) is 0 Å². The normalized spacial score (nSPS) is 23.9. The van der Waals surface area contributed by atoms with Crippen molar-refractivity contribution in [2.24, 2.45) is 5.92 Å². The van der Waals surface area contributed by atoms with Crippen molar-refractivity contribution in [1.29, 1.82) is 0 Å². The first-order valence-corrected chi connectivity index (χ1v) is 8.14. The molecule has 2 aliphatic rings. The lowest BCUT2D eigenvalue weighted by Gasteiger charge is -2.25. The van der Waals surface area contributed by atoms with Crippen molar-refractivity contribution in [3.05, 3.63) is 23.0 Å². The van der Waals surface area contributed by atoms with Gasteiger partial charge < -0.3 is 10.1 Å². The third-order valence-corrected chi connectivity index (χ3v) is 4.83. The molecule has 0 spiro atoms. The summed E-state index contributed by atoms with van der Waals surface area (Å²) in [5.74, 6) is 1.90. The van der Waals surface area contributed by atoms with Gasteiger partial charge in [-0.3, -0.25) is 9.88 Å². The number of nitrogens with one attached hydrogen (secondary N) is 1. The summed E-state index contributed by atoms with van der Waals surface area (Å²) in [6.07, 6.45) is 5.98. The summed E-state index contributed by atoms with van der Waals surface area (Å²) in [5.41, 5.74) is 3.47. The minimum absolute atomic E-state index is 0.681. The maximum atomic E-state index is 5.53. The third kappa shape index (κ3) is 3.38. The number of aryl methyl sites for hydroxylation is 1. The largest absolute Gasteiger partial charge is 0.496 e. The van der Waals surface area contributed by atoms with Gasteiger partial charge in [-0.15, -0.1) is 0 Å². The summed E-state index contributed by atoms with van der Waals surface area (Å²) in [6.45, 7) is 8.59. The fraction of sp³-hybridized carbons (Fsp3) is 0.706. The first-order chi connectivity index (χ1) is 10.2. The second-order valence-corrected chi connectivity index (χ2v) is 6.53. The average Bonchev–Trinajstić information content (AvgIpc) is 3.29.